The number of imide groups is 1. The van der Waals surface area contributed by atoms with Crippen LogP contribution in [0.5, 0.6) is 0 Å². The zero-order valence-electron chi connectivity index (χ0n) is 22.8. The van der Waals surface area contributed by atoms with E-state index >= 15 is 0 Å². The first-order chi connectivity index (χ1) is 20.7. The average molecular weight is 606 g/mol. The molecule has 0 saturated heterocycles. The normalized spacial score (nSPS) is 13.6. The zero-order valence-corrected chi connectivity index (χ0v) is 22.8. The first-order valence-corrected chi connectivity index (χ1v) is 13.2. The molecule has 4 N–H and O–H groups in total. The Kier molecular flexibility index (Phi) is 6.45. The molecule has 0 bridgehead atoms. The van der Waals surface area contributed by atoms with Crippen LogP contribution in [0.25, 0.3) is 33.0 Å². The molecule has 2 amide bonds. The van der Waals surface area contributed by atoms with Gasteiger partial charge >= 0.3 is 12.4 Å². The molecule has 44 heavy (non-hydrogen) atoms. The van der Waals surface area contributed by atoms with Crippen LogP contribution in [-0.4, -0.2) is 11.8 Å². The van der Waals surface area contributed by atoms with E-state index < -0.39 is 35.3 Å². The van der Waals surface area contributed by atoms with Gasteiger partial charge in [0.2, 0.25) is 0 Å². The fourth-order valence-electron chi connectivity index (χ4n) is 5.73. The molecule has 5 nitrogen and oxygen atoms in total. The Morgan fingerprint density at radius 1 is 0.568 bits per heavy atom. The Morgan fingerprint density at radius 2 is 1.07 bits per heavy atom. The summed E-state index contributed by atoms with van der Waals surface area (Å²) in [6.07, 6.45) is -9.59. The third-order valence-electron chi connectivity index (χ3n) is 7.65. The molecule has 1 heterocycles. The fourth-order valence-corrected chi connectivity index (χ4v) is 5.73. The molecule has 6 rings (SSSR count). The first kappa shape index (κ1) is 28.8. The molecular formula is C33H21F6N3O2. The summed E-state index contributed by atoms with van der Waals surface area (Å²) < 4.78 is 84.9. The van der Waals surface area contributed by atoms with Gasteiger partial charge in [0.05, 0.1) is 16.8 Å². The van der Waals surface area contributed by atoms with Crippen molar-refractivity contribution in [3.05, 3.63) is 113 Å². The smallest absolute Gasteiger partial charge is 0.399 e. The molecule has 0 aliphatic carbocycles. The van der Waals surface area contributed by atoms with Gasteiger partial charge in [0.1, 0.15) is 0 Å². The van der Waals surface area contributed by atoms with Crippen molar-refractivity contribution in [3.8, 4) is 22.3 Å². The molecule has 1 aliphatic heterocycles. The quantitative estimate of drug-likeness (QED) is 0.123. The van der Waals surface area contributed by atoms with E-state index in [0.717, 1.165) is 12.1 Å². The topological polar surface area (TPSA) is 89.4 Å². The van der Waals surface area contributed by atoms with Gasteiger partial charge in [-0.25, -0.2) is 4.90 Å². The highest BCUT2D eigenvalue weighted by Gasteiger charge is 2.39. The van der Waals surface area contributed by atoms with Crippen molar-refractivity contribution in [2.45, 2.75) is 19.3 Å². The Hall–Kier alpha value is -5.32. The summed E-state index contributed by atoms with van der Waals surface area (Å²) in [7, 11) is 0. The maximum absolute atomic E-state index is 14.4. The molecule has 5 aromatic carbocycles. The second-order valence-corrected chi connectivity index (χ2v) is 10.4. The predicted molar refractivity (Wildman–Crippen MR) is 156 cm³/mol. The van der Waals surface area contributed by atoms with Crippen LogP contribution in [0.4, 0.5) is 43.4 Å². The molecule has 0 unspecified atom stereocenters. The van der Waals surface area contributed by atoms with Crippen molar-refractivity contribution in [2.24, 2.45) is 0 Å². The van der Waals surface area contributed by atoms with E-state index in [2.05, 4.69) is 0 Å². The highest BCUT2D eigenvalue weighted by Crippen LogP contribution is 2.45. The van der Waals surface area contributed by atoms with Crippen LogP contribution in [0.2, 0.25) is 0 Å². The Morgan fingerprint density at radius 3 is 1.70 bits per heavy atom. The van der Waals surface area contributed by atoms with Crippen LogP contribution < -0.4 is 16.4 Å². The number of nitrogens with zero attached hydrogens (tertiary/aromatic N) is 1. The monoisotopic (exact) mass is 605 g/mol. The highest BCUT2D eigenvalue weighted by atomic mass is 19.4. The third-order valence-corrected chi connectivity index (χ3v) is 7.65. The minimum atomic E-state index is -4.84. The number of anilines is 3. The van der Waals surface area contributed by atoms with Gasteiger partial charge in [-0.05, 0) is 88.7 Å². The second-order valence-electron chi connectivity index (χ2n) is 10.4. The predicted octanol–water partition coefficient (Wildman–Crippen LogP) is 8.48. The van der Waals surface area contributed by atoms with E-state index in [1.165, 1.54) is 72.8 Å². The van der Waals surface area contributed by atoms with Crippen molar-refractivity contribution in [1.82, 2.24) is 0 Å². The molecule has 0 radical (unpaired) electrons. The number of rotatable bonds is 3. The molecule has 1 aliphatic rings. The lowest BCUT2D eigenvalue weighted by atomic mass is 9.87. The molecule has 0 aromatic heterocycles. The third kappa shape index (κ3) is 4.61. The van der Waals surface area contributed by atoms with Crippen molar-refractivity contribution < 1.29 is 35.9 Å². The molecule has 5 aromatic rings. The summed E-state index contributed by atoms with van der Waals surface area (Å²) in [4.78, 5) is 28.2. The number of amides is 2. The fraction of sp³-hybridized carbons (Fsp3) is 0.0909. The summed E-state index contributed by atoms with van der Waals surface area (Å²) in [5.41, 5.74) is 9.72. The van der Waals surface area contributed by atoms with Crippen LogP contribution in [0, 0.1) is 6.92 Å². The number of carbonyl (C=O) groups is 2. The lowest BCUT2D eigenvalue weighted by Crippen LogP contribution is -2.40. The molecule has 222 valence electrons. The number of carbonyl (C=O) groups excluding carboxylic acids is 2. The van der Waals surface area contributed by atoms with Crippen molar-refractivity contribution in [1.29, 1.82) is 0 Å². The summed E-state index contributed by atoms with van der Waals surface area (Å²) in [6.45, 7) is 1.62. The number of hydrogen-bond acceptors (Lipinski definition) is 4. The lowest BCUT2D eigenvalue weighted by Gasteiger charge is -2.29. The number of benzene rings is 5. The SMILES string of the molecule is Cc1cc(N)ccc1-c1ccc(N2C(=O)c3cccc4c(-c5ccc(N)cc5C(F)(F)F)ccc(c34)C2=O)cc1C(F)(F)F. The summed E-state index contributed by atoms with van der Waals surface area (Å²) >= 11 is 0. The molecule has 0 saturated carbocycles. The van der Waals surface area contributed by atoms with Gasteiger partial charge in [-0.15, -0.1) is 0 Å². The Balaban J connectivity index is 1.51. The van der Waals surface area contributed by atoms with Crippen molar-refractivity contribution >= 4 is 39.6 Å². The van der Waals surface area contributed by atoms with Gasteiger partial charge in [0.25, 0.3) is 11.8 Å². The van der Waals surface area contributed by atoms with Gasteiger partial charge in [-0.3, -0.25) is 9.59 Å². The number of hydrogen-bond donors (Lipinski definition) is 2. The maximum Gasteiger partial charge on any atom is 0.417 e. The Bertz CT molecular complexity index is 2010. The van der Waals surface area contributed by atoms with Gasteiger partial charge in [0, 0.05) is 27.9 Å². The molecule has 11 heteroatoms. The summed E-state index contributed by atoms with van der Waals surface area (Å²) in [5.74, 6) is -1.83. The van der Waals surface area contributed by atoms with E-state index in [4.69, 9.17) is 11.5 Å². The number of aryl methyl sites for hydroxylation is 1. The average Bonchev–Trinajstić information content (AvgIpc) is 2.95. The number of halogens is 6. The molecule has 0 atom stereocenters. The summed E-state index contributed by atoms with van der Waals surface area (Å²) in [6, 6.07) is 17.9. The minimum absolute atomic E-state index is 0.0463. The van der Waals surface area contributed by atoms with Crippen LogP contribution in [0.15, 0.2) is 84.9 Å². The summed E-state index contributed by atoms with van der Waals surface area (Å²) in [5, 5.41) is 0.299. The van der Waals surface area contributed by atoms with Gasteiger partial charge in [-0.2, -0.15) is 26.3 Å². The number of nitrogens with two attached hydrogens (primary N) is 2. The van der Waals surface area contributed by atoms with E-state index in [1.807, 2.05) is 0 Å². The van der Waals surface area contributed by atoms with Crippen molar-refractivity contribution in [2.75, 3.05) is 16.4 Å². The van der Waals surface area contributed by atoms with Crippen LogP contribution in [0.3, 0.4) is 0 Å². The maximum atomic E-state index is 14.4. The van der Waals surface area contributed by atoms with E-state index in [0.29, 0.717) is 16.2 Å². The van der Waals surface area contributed by atoms with Gasteiger partial charge in [-0.1, -0.05) is 36.4 Å². The molecule has 0 fully saturated rings. The highest BCUT2D eigenvalue weighted by molar-refractivity contribution is 6.36. The first-order valence-electron chi connectivity index (χ1n) is 13.2. The standard InChI is InChI=1S/C33H21F6N3O2/c1-16-13-17(40)5-8-20(16)22-10-7-19(15-28(22)33(37,38)39)42-30(43)25-4-2-3-24-21(11-12-26(29(24)25)31(42)44)23-9-6-18(41)14-27(23)32(34,35)36/h2-15H,40-41H2,1H3. The van der Waals surface area contributed by atoms with Crippen LogP contribution in [-0.2, 0) is 12.4 Å². The zero-order chi connectivity index (χ0) is 31.7. The van der Waals surface area contributed by atoms with E-state index in [1.54, 1.807) is 6.92 Å². The Labute approximate surface area is 246 Å². The van der Waals surface area contributed by atoms with Gasteiger partial charge < -0.3 is 11.5 Å². The number of nitrogen functional groups attached to an aromatic ring is 2. The second kappa shape index (κ2) is 9.87. The molecular weight excluding hydrogens is 584 g/mol. The van der Waals surface area contributed by atoms with Gasteiger partial charge in [0.15, 0.2) is 0 Å². The van der Waals surface area contributed by atoms with E-state index in [-0.39, 0.29) is 55.5 Å². The molecule has 0 spiro atoms. The number of alkyl halides is 6. The van der Waals surface area contributed by atoms with Crippen LogP contribution >= 0.6 is 0 Å². The van der Waals surface area contributed by atoms with Crippen molar-refractivity contribution in [3.63, 3.8) is 0 Å². The van der Waals surface area contributed by atoms with Crippen LogP contribution in [0.1, 0.15) is 37.4 Å². The van der Waals surface area contributed by atoms with E-state index in [9.17, 15) is 35.9 Å². The largest absolute Gasteiger partial charge is 0.417 e. The lowest BCUT2D eigenvalue weighted by molar-refractivity contribution is -0.137. The minimum Gasteiger partial charge on any atom is -0.399 e.